The second kappa shape index (κ2) is 12.7. The summed E-state index contributed by atoms with van der Waals surface area (Å²) < 4.78 is 16.3. The van der Waals surface area contributed by atoms with Gasteiger partial charge in [-0.3, -0.25) is 0 Å². The van der Waals surface area contributed by atoms with Crippen molar-refractivity contribution in [3.8, 4) is 17.2 Å². The highest BCUT2D eigenvalue weighted by Gasteiger charge is 2.13. The van der Waals surface area contributed by atoms with Crippen molar-refractivity contribution in [3.63, 3.8) is 0 Å². The Labute approximate surface area is 186 Å². The number of nitrogens with one attached hydrogen (secondary N) is 2. The van der Waals surface area contributed by atoms with Crippen LogP contribution in [0.25, 0.3) is 0 Å². The van der Waals surface area contributed by atoms with E-state index in [9.17, 15) is 0 Å². The highest BCUT2D eigenvalue weighted by molar-refractivity contribution is 5.79. The molecule has 0 aliphatic rings. The first-order valence-corrected chi connectivity index (χ1v) is 10.6. The maximum Gasteiger partial charge on any atom is 0.203 e. The number of benzene rings is 2. The van der Waals surface area contributed by atoms with E-state index >= 15 is 0 Å². The maximum absolute atomic E-state index is 5.44. The topological polar surface area (TPSA) is 67.4 Å². The Hall–Kier alpha value is -2.93. The van der Waals surface area contributed by atoms with Crippen molar-refractivity contribution in [1.82, 2.24) is 15.5 Å². The minimum atomic E-state index is 0.480. The van der Waals surface area contributed by atoms with E-state index in [-0.39, 0.29) is 0 Å². The molecule has 0 radical (unpaired) electrons. The van der Waals surface area contributed by atoms with Crippen LogP contribution in [0.3, 0.4) is 0 Å². The minimum Gasteiger partial charge on any atom is -0.493 e. The van der Waals surface area contributed by atoms with E-state index in [0.717, 1.165) is 31.2 Å². The molecule has 0 saturated heterocycles. The Bertz CT molecular complexity index is 829. The van der Waals surface area contributed by atoms with Crippen LogP contribution < -0.4 is 24.8 Å². The molecule has 0 aromatic heterocycles. The smallest absolute Gasteiger partial charge is 0.203 e. The van der Waals surface area contributed by atoms with Crippen LogP contribution in [0.2, 0.25) is 0 Å². The van der Waals surface area contributed by atoms with Gasteiger partial charge in [0, 0.05) is 19.6 Å². The van der Waals surface area contributed by atoms with Gasteiger partial charge >= 0.3 is 0 Å². The van der Waals surface area contributed by atoms with Crippen LogP contribution in [-0.4, -0.2) is 52.3 Å². The van der Waals surface area contributed by atoms with Crippen molar-refractivity contribution >= 4 is 5.96 Å². The van der Waals surface area contributed by atoms with Gasteiger partial charge in [-0.05, 0) is 49.3 Å². The van der Waals surface area contributed by atoms with Crippen molar-refractivity contribution < 1.29 is 14.2 Å². The number of rotatable bonds is 11. The van der Waals surface area contributed by atoms with Gasteiger partial charge in [0.2, 0.25) is 5.75 Å². The summed E-state index contributed by atoms with van der Waals surface area (Å²) in [5.41, 5.74) is 3.50. The van der Waals surface area contributed by atoms with E-state index in [1.807, 2.05) is 12.1 Å². The molecule has 0 amide bonds. The molecule has 0 heterocycles. The molecule has 0 saturated carbocycles. The van der Waals surface area contributed by atoms with Gasteiger partial charge in [0.15, 0.2) is 17.5 Å². The van der Waals surface area contributed by atoms with Gasteiger partial charge in [-0.2, -0.15) is 0 Å². The van der Waals surface area contributed by atoms with E-state index in [2.05, 4.69) is 60.7 Å². The fourth-order valence-electron chi connectivity index (χ4n) is 3.19. The molecule has 2 rings (SSSR count). The largest absolute Gasteiger partial charge is 0.493 e. The predicted octanol–water partition coefficient (Wildman–Crippen LogP) is 3.42. The Morgan fingerprint density at radius 1 is 0.903 bits per heavy atom. The molecule has 0 fully saturated rings. The molecule has 0 bridgehead atoms. The third-order valence-electron chi connectivity index (χ3n) is 4.93. The first kappa shape index (κ1) is 24.3. The van der Waals surface area contributed by atoms with Gasteiger partial charge in [-0.15, -0.1) is 0 Å². The third kappa shape index (κ3) is 7.36. The van der Waals surface area contributed by atoms with E-state index in [1.165, 1.54) is 11.1 Å². The quantitative estimate of drug-likeness (QED) is 0.422. The lowest BCUT2D eigenvalue weighted by molar-refractivity contribution is 0.324. The van der Waals surface area contributed by atoms with Gasteiger partial charge in [-0.25, -0.2) is 4.99 Å². The Kier molecular flexibility index (Phi) is 9.97. The molecule has 170 valence electrons. The van der Waals surface area contributed by atoms with Gasteiger partial charge in [0.25, 0.3) is 0 Å². The lowest BCUT2D eigenvalue weighted by atomic mass is 10.1. The summed E-state index contributed by atoms with van der Waals surface area (Å²) in [7, 11) is 6.95. The zero-order valence-electron chi connectivity index (χ0n) is 19.6. The van der Waals surface area contributed by atoms with Crippen molar-refractivity contribution in [2.75, 3.05) is 41.5 Å². The summed E-state index contributed by atoms with van der Waals surface area (Å²) in [6.45, 7) is 8.15. The number of guanidine groups is 1. The Morgan fingerprint density at radius 2 is 1.58 bits per heavy atom. The number of aliphatic imine (C=N–C) groups is 1. The fraction of sp³-hybridized carbons (Fsp3) is 0.458. The molecule has 31 heavy (non-hydrogen) atoms. The van der Waals surface area contributed by atoms with E-state index < -0.39 is 0 Å². The van der Waals surface area contributed by atoms with Crippen LogP contribution in [0.4, 0.5) is 0 Å². The van der Waals surface area contributed by atoms with Crippen molar-refractivity contribution in [2.45, 2.75) is 33.5 Å². The molecule has 0 atom stereocenters. The van der Waals surface area contributed by atoms with Crippen LogP contribution in [-0.2, 0) is 19.6 Å². The average molecular weight is 429 g/mol. The molecule has 0 unspecified atom stereocenters. The number of ether oxygens (including phenoxy) is 3. The summed E-state index contributed by atoms with van der Waals surface area (Å²) in [5, 5.41) is 6.72. The van der Waals surface area contributed by atoms with Crippen molar-refractivity contribution in [3.05, 3.63) is 53.1 Å². The summed E-state index contributed by atoms with van der Waals surface area (Å²) in [6.07, 6.45) is 0. The van der Waals surface area contributed by atoms with Crippen LogP contribution in [0.5, 0.6) is 17.2 Å². The molecular weight excluding hydrogens is 392 g/mol. The fourth-order valence-corrected chi connectivity index (χ4v) is 3.19. The maximum atomic E-state index is 5.44. The molecule has 2 aromatic rings. The highest BCUT2D eigenvalue weighted by Crippen LogP contribution is 2.38. The van der Waals surface area contributed by atoms with Crippen LogP contribution in [0.15, 0.2) is 41.4 Å². The minimum absolute atomic E-state index is 0.480. The summed E-state index contributed by atoms with van der Waals surface area (Å²) in [4.78, 5) is 7.01. The molecular formula is C24H36N4O3. The van der Waals surface area contributed by atoms with E-state index in [1.54, 1.807) is 21.3 Å². The molecule has 0 spiro atoms. The van der Waals surface area contributed by atoms with Gasteiger partial charge < -0.3 is 29.7 Å². The van der Waals surface area contributed by atoms with Gasteiger partial charge in [0.1, 0.15) is 0 Å². The van der Waals surface area contributed by atoms with E-state index in [4.69, 9.17) is 19.2 Å². The Balaban J connectivity index is 2.10. The molecule has 2 N–H and O–H groups in total. The predicted molar refractivity (Wildman–Crippen MR) is 126 cm³/mol. The monoisotopic (exact) mass is 428 g/mol. The lowest BCUT2D eigenvalue weighted by Gasteiger charge is -2.16. The zero-order valence-corrected chi connectivity index (χ0v) is 19.6. The highest BCUT2D eigenvalue weighted by atomic mass is 16.5. The number of hydrogen-bond acceptors (Lipinski definition) is 5. The van der Waals surface area contributed by atoms with E-state index in [0.29, 0.717) is 30.3 Å². The molecule has 2 aromatic carbocycles. The van der Waals surface area contributed by atoms with Crippen molar-refractivity contribution in [2.24, 2.45) is 4.99 Å². The first-order valence-electron chi connectivity index (χ1n) is 10.6. The SMILES string of the molecule is CCNC(=NCc1cc(OC)c(OC)c(OC)c1)NCc1cccc(CN(C)CC)c1. The lowest BCUT2D eigenvalue weighted by Crippen LogP contribution is -2.36. The average Bonchev–Trinajstić information content (AvgIpc) is 2.80. The van der Waals surface area contributed by atoms with Crippen LogP contribution >= 0.6 is 0 Å². The van der Waals surface area contributed by atoms with Gasteiger partial charge in [0.05, 0.1) is 27.9 Å². The zero-order chi connectivity index (χ0) is 22.6. The molecule has 0 aliphatic carbocycles. The summed E-state index contributed by atoms with van der Waals surface area (Å²) in [5.74, 6) is 2.58. The standard InChI is InChI=1S/C24H36N4O3/c1-7-25-24(26-15-18-10-9-11-19(12-18)17-28(3)8-2)27-16-20-13-21(29-4)23(31-6)22(14-20)30-5/h9-14H,7-8,15-17H2,1-6H3,(H2,25,26,27). The first-order chi connectivity index (χ1) is 15.0. The number of methoxy groups -OCH3 is 3. The number of nitrogens with zero attached hydrogens (tertiary/aromatic N) is 2. The summed E-state index contributed by atoms with van der Waals surface area (Å²) in [6, 6.07) is 12.5. The van der Waals surface area contributed by atoms with Gasteiger partial charge in [-0.1, -0.05) is 31.2 Å². The third-order valence-corrected chi connectivity index (χ3v) is 4.93. The molecule has 7 heteroatoms. The van der Waals surface area contributed by atoms with Crippen molar-refractivity contribution in [1.29, 1.82) is 0 Å². The van der Waals surface area contributed by atoms with Crippen LogP contribution in [0, 0.1) is 0 Å². The molecule has 0 aliphatic heterocycles. The molecule has 7 nitrogen and oxygen atoms in total. The summed E-state index contributed by atoms with van der Waals surface area (Å²) >= 11 is 0. The van der Waals surface area contributed by atoms with Crippen LogP contribution in [0.1, 0.15) is 30.5 Å². The number of hydrogen-bond donors (Lipinski definition) is 2. The normalized spacial score (nSPS) is 11.4. The second-order valence-electron chi connectivity index (χ2n) is 7.23. The Morgan fingerprint density at radius 3 is 2.16 bits per heavy atom. The second-order valence-corrected chi connectivity index (χ2v) is 7.23.